The van der Waals surface area contributed by atoms with E-state index in [1.54, 1.807) is 27.0 Å². The van der Waals surface area contributed by atoms with Crippen LogP contribution in [0.2, 0.25) is 5.02 Å². The first kappa shape index (κ1) is 15.1. The van der Waals surface area contributed by atoms with Gasteiger partial charge in [-0.05, 0) is 26.0 Å². The maximum atomic E-state index is 12.4. The average Bonchev–Trinajstić information content (AvgIpc) is 2.65. The van der Waals surface area contributed by atoms with Crippen molar-refractivity contribution in [2.75, 3.05) is 19.3 Å². The van der Waals surface area contributed by atoms with Gasteiger partial charge in [-0.25, -0.2) is 0 Å². The molecule has 0 aliphatic rings. The standard InChI is InChI=1S/C14H17ClN2O2S/c1-14(2,19)7-17(3)13(18)12-11(16)10-8(15)5-4-6-9(10)20-12/h4-6,19H,7,16H2,1-3H3. The van der Waals surface area contributed by atoms with Gasteiger partial charge in [-0.2, -0.15) is 0 Å². The number of thiophene rings is 1. The second-order valence-electron chi connectivity index (χ2n) is 5.43. The number of carbonyl (C=O) groups is 1. The van der Waals surface area contributed by atoms with Gasteiger partial charge in [0.05, 0.1) is 16.3 Å². The maximum Gasteiger partial charge on any atom is 0.265 e. The van der Waals surface area contributed by atoms with Gasteiger partial charge in [0, 0.05) is 23.7 Å². The van der Waals surface area contributed by atoms with E-state index in [4.69, 9.17) is 17.3 Å². The summed E-state index contributed by atoms with van der Waals surface area (Å²) >= 11 is 7.45. The van der Waals surface area contributed by atoms with Crippen LogP contribution in [0.15, 0.2) is 18.2 Å². The molecule has 0 aliphatic carbocycles. The molecule has 0 saturated carbocycles. The Labute approximate surface area is 126 Å². The second kappa shape index (κ2) is 5.24. The number of anilines is 1. The van der Waals surface area contributed by atoms with Crippen molar-refractivity contribution >= 4 is 44.6 Å². The molecule has 2 rings (SSSR count). The van der Waals surface area contributed by atoms with Gasteiger partial charge in [0.25, 0.3) is 5.91 Å². The molecular weight excluding hydrogens is 296 g/mol. The molecule has 6 heteroatoms. The third kappa shape index (κ3) is 2.90. The molecular formula is C14H17ClN2O2S. The van der Waals surface area contributed by atoms with Crippen molar-refractivity contribution in [3.05, 3.63) is 28.1 Å². The summed E-state index contributed by atoms with van der Waals surface area (Å²) in [6, 6.07) is 5.46. The molecule has 108 valence electrons. The number of amides is 1. The van der Waals surface area contributed by atoms with Crippen LogP contribution in [-0.2, 0) is 0 Å². The fourth-order valence-corrected chi connectivity index (χ4v) is 3.59. The van der Waals surface area contributed by atoms with Crippen molar-refractivity contribution in [2.45, 2.75) is 19.4 Å². The minimum absolute atomic E-state index is 0.207. The summed E-state index contributed by atoms with van der Waals surface area (Å²) in [5, 5.41) is 11.1. The number of carbonyl (C=O) groups excluding carboxylic acids is 1. The summed E-state index contributed by atoms with van der Waals surface area (Å²) in [4.78, 5) is 14.4. The topological polar surface area (TPSA) is 66.6 Å². The number of fused-ring (bicyclic) bond motifs is 1. The third-order valence-corrected chi connectivity index (χ3v) is 4.34. The highest BCUT2D eigenvalue weighted by Gasteiger charge is 2.24. The number of benzene rings is 1. The van der Waals surface area contributed by atoms with Crippen LogP contribution in [0.4, 0.5) is 5.69 Å². The van der Waals surface area contributed by atoms with Crippen LogP contribution in [0.1, 0.15) is 23.5 Å². The molecule has 3 N–H and O–H groups in total. The fraction of sp³-hybridized carbons (Fsp3) is 0.357. The molecule has 0 unspecified atom stereocenters. The Kier molecular flexibility index (Phi) is 3.95. The van der Waals surface area contributed by atoms with E-state index in [0.29, 0.717) is 15.6 Å². The van der Waals surface area contributed by atoms with Crippen LogP contribution in [0.5, 0.6) is 0 Å². The number of nitrogens with zero attached hydrogens (tertiary/aromatic N) is 1. The summed E-state index contributed by atoms with van der Waals surface area (Å²) in [6.07, 6.45) is 0. The van der Waals surface area contributed by atoms with Gasteiger partial charge in [-0.3, -0.25) is 4.79 Å². The van der Waals surface area contributed by atoms with Gasteiger partial charge in [0.15, 0.2) is 0 Å². The quantitative estimate of drug-likeness (QED) is 0.915. The van der Waals surface area contributed by atoms with Crippen LogP contribution in [0.3, 0.4) is 0 Å². The zero-order chi connectivity index (χ0) is 15.1. The molecule has 1 aromatic heterocycles. The minimum Gasteiger partial charge on any atom is -0.397 e. The second-order valence-corrected chi connectivity index (χ2v) is 6.89. The SMILES string of the molecule is CN(CC(C)(C)O)C(=O)c1sc2cccc(Cl)c2c1N. The molecule has 0 fully saturated rings. The molecule has 0 saturated heterocycles. The van der Waals surface area contributed by atoms with E-state index in [9.17, 15) is 9.90 Å². The number of nitrogens with two attached hydrogens (primary N) is 1. The molecule has 4 nitrogen and oxygen atoms in total. The molecule has 1 heterocycles. The van der Waals surface area contributed by atoms with Crippen molar-refractivity contribution in [1.82, 2.24) is 4.90 Å². The smallest absolute Gasteiger partial charge is 0.265 e. The van der Waals surface area contributed by atoms with E-state index >= 15 is 0 Å². The average molecular weight is 313 g/mol. The lowest BCUT2D eigenvalue weighted by Gasteiger charge is -2.25. The molecule has 1 aromatic carbocycles. The van der Waals surface area contributed by atoms with E-state index < -0.39 is 5.60 Å². The van der Waals surface area contributed by atoms with Crippen LogP contribution >= 0.6 is 22.9 Å². The van der Waals surface area contributed by atoms with Crippen molar-refractivity contribution in [1.29, 1.82) is 0 Å². The lowest BCUT2D eigenvalue weighted by Crippen LogP contribution is -2.39. The van der Waals surface area contributed by atoms with Crippen molar-refractivity contribution in [3.8, 4) is 0 Å². The monoisotopic (exact) mass is 312 g/mol. The normalized spacial score (nSPS) is 11.8. The Morgan fingerprint density at radius 3 is 2.70 bits per heavy atom. The highest BCUT2D eigenvalue weighted by molar-refractivity contribution is 7.21. The number of hydrogen-bond donors (Lipinski definition) is 2. The highest BCUT2D eigenvalue weighted by Crippen LogP contribution is 2.38. The first-order chi connectivity index (χ1) is 9.20. The van der Waals surface area contributed by atoms with E-state index in [-0.39, 0.29) is 12.5 Å². The largest absolute Gasteiger partial charge is 0.397 e. The summed E-state index contributed by atoms with van der Waals surface area (Å²) in [7, 11) is 1.64. The van der Waals surface area contributed by atoms with Gasteiger partial charge >= 0.3 is 0 Å². The minimum atomic E-state index is -0.951. The maximum absolute atomic E-state index is 12.4. The molecule has 0 radical (unpaired) electrons. The number of aliphatic hydroxyl groups is 1. The zero-order valence-electron chi connectivity index (χ0n) is 11.6. The van der Waals surface area contributed by atoms with E-state index in [1.807, 2.05) is 12.1 Å². The van der Waals surface area contributed by atoms with E-state index in [1.165, 1.54) is 16.2 Å². The van der Waals surface area contributed by atoms with Gasteiger partial charge in [0.2, 0.25) is 0 Å². The van der Waals surface area contributed by atoms with Gasteiger partial charge in [-0.1, -0.05) is 17.7 Å². The van der Waals surface area contributed by atoms with Crippen molar-refractivity contribution in [3.63, 3.8) is 0 Å². The Hall–Kier alpha value is -1.30. The lowest BCUT2D eigenvalue weighted by atomic mass is 10.1. The Balaban J connectivity index is 2.41. The highest BCUT2D eigenvalue weighted by atomic mass is 35.5. The molecule has 2 aromatic rings. The van der Waals surface area contributed by atoms with Crippen LogP contribution < -0.4 is 5.73 Å². The number of nitrogen functional groups attached to an aromatic ring is 1. The number of likely N-dealkylation sites (N-methyl/N-ethyl adjacent to an activating group) is 1. The summed E-state index contributed by atoms with van der Waals surface area (Å²) in [5.41, 5.74) is 5.51. The Bertz CT molecular complexity index is 661. The molecule has 0 aliphatic heterocycles. The molecule has 0 atom stereocenters. The van der Waals surface area contributed by atoms with E-state index in [0.717, 1.165) is 10.1 Å². The van der Waals surface area contributed by atoms with Gasteiger partial charge in [0.1, 0.15) is 4.88 Å². The van der Waals surface area contributed by atoms with Crippen LogP contribution in [-0.4, -0.2) is 35.1 Å². The molecule has 1 amide bonds. The Morgan fingerprint density at radius 1 is 1.50 bits per heavy atom. The van der Waals surface area contributed by atoms with Gasteiger partial charge in [-0.15, -0.1) is 11.3 Å². The summed E-state index contributed by atoms with van der Waals surface area (Å²) in [5.74, 6) is -0.207. The van der Waals surface area contributed by atoms with E-state index in [2.05, 4.69) is 0 Å². The number of hydrogen-bond acceptors (Lipinski definition) is 4. The number of rotatable bonds is 3. The summed E-state index contributed by atoms with van der Waals surface area (Å²) in [6.45, 7) is 3.54. The summed E-state index contributed by atoms with van der Waals surface area (Å²) < 4.78 is 0.884. The van der Waals surface area contributed by atoms with Crippen molar-refractivity contribution < 1.29 is 9.90 Å². The zero-order valence-corrected chi connectivity index (χ0v) is 13.2. The first-order valence-electron chi connectivity index (χ1n) is 6.15. The third-order valence-electron chi connectivity index (χ3n) is 2.87. The van der Waals surface area contributed by atoms with Gasteiger partial charge < -0.3 is 15.7 Å². The molecule has 20 heavy (non-hydrogen) atoms. The van der Waals surface area contributed by atoms with Crippen molar-refractivity contribution in [2.24, 2.45) is 0 Å². The predicted octanol–water partition coefficient (Wildman–Crippen LogP) is 2.98. The molecule has 0 spiro atoms. The first-order valence-corrected chi connectivity index (χ1v) is 7.34. The Morgan fingerprint density at radius 2 is 2.15 bits per heavy atom. The molecule has 0 bridgehead atoms. The predicted molar refractivity (Wildman–Crippen MR) is 84.5 cm³/mol. The van der Waals surface area contributed by atoms with Crippen LogP contribution in [0, 0.1) is 0 Å². The lowest BCUT2D eigenvalue weighted by molar-refractivity contribution is 0.0371. The van der Waals surface area contributed by atoms with Crippen LogP contribution in [0.25, 0.3) is 10.1 Å². The fourth-order valence-electron chi connectivity index (χ4n) is 2.11. The number of halogens is 1.